The van der Waals surface area contributed by atoms with Crippen LogP contribution in [0.2, 0.25) is 0 Å². The number of rotatable bonds is 7. The molecule has 0 aliphatic rings. The van der Waals surface area contributed by atoms with E-state index >= 15 is 0 Å². The third-order valence-corrected chi connectivity index (χ3v) is 4.93. The largest absolute Gasteiger partial charge is 0.478 e. The lowest BCUT2D eigenvalue weighted by Crippen LogP contribution is -2.31. The fourth-order valence-electron chi connectivity index (χ4n) is 1.73. The molecule has 0 bridgehead atoms. The first-order valence-corrected chi connectivity index (χ1v) is 7.60. The minimum Gasteiger partial charge on any atom is -0.478 e. The van der Waals surface area contributed by atoms with Crippen molar-refractivity contribution < 1.29 is 23.1 Å². The summed E-state index contributed by atoms with van der Waals surface area (Å²) in [5.41, 5.74) is 0.556. The summed E-state index contributed by atoms with van der Waals surface area (Å²) >= 11 is 0. The Bertz CT molecular complexity index is 582. The van der Waals surface area contributed by atoms with E-state index in [4.69, 9.17) is 9.84 Å². The predicted molar refractivity (Wildman–Crippen MR) is 74.5 cm³/mol. The van der Waals surface area contributed by atoms with Crippen molar-refractivity contribution in [3.05, 3.63) is 29.3 Å². The monoisotopic (exact) mass is 301 g/mol. The molecule has 0 aromatic heterocycles. The van der Waals surface area contributed by atoms with Gasteiger partial charge in [0.2, 0.25) is 10.0 Å². The Balaban J connectivity index is 3.27. The van der Waals surface area contributed by atoms with Crippen LogP contribution < -0.4 is 0 Å². The molecule has 0 unspecified atom stereocenters. The SMILES string of the molecule is CCc1ccc(C(=O)O)cc1S(=O)(=O)N(C)CCOC. The topological polar surface area (TPSA) is 83.9 Å². The summed E-state index contributed by atoms with van der Waals surface area (Å²) in [6.45, 7) is 2.30. The molecule has 0 saturated heterocycles. The van der Waals surface area contributed by atoms with Gasteiger partial charge in [0.15, 0.2) is 0 Å². The van der Waals surface area contributed by atoms with Crippen LogP contribution in [0.4, 0.5) is 0 Å². The molecule has 0 aliphatic carbocycles. The normalized spacial score (nSPS) is 11.8. The number of carboxylic acid groups (broad SMARTS) is 1. The zero-order valence-electron chi connectivity index (χ0n) is 11.8. The molecule has 6 nitrogen and oxygen atoms in total. The molecular formula is C13H19NO5S. The van der Waals surface area contributed by atoms with Crippen LogP contribution in [0, 0.1) is 0 Å². The van der Waals surface area contributed by atoms with Gasteiger partial charge in [0.05, 0.1) is 17.1 Å². The van der Waals surface area contributed by atoms with Crippen LogP contribution in [-0.4, -0.2) is 51.1 Å². The van der Waals surface area contributed by atoms with Crippen molar-refractivity contribution in [3.8, 4) is 0 Å². The molecule has 20 heavy (non-hydrogen) atoms. The molecule has 0 amide bonds. The maximum absolute atomic E-state index is 12.5. The van der Waals surface area contributed by atoms with Crippen LogP contribution >= 0.6 is 0 Å². The van der Waals surface area contributed by atoms with Crippen molar-refractivity contribution in [1.29, 1.82) is 0 Å². The number of methoxy groups -OCH3 is 1. The van der Waals surface area contributed by atoms with E-state index in [9.17, 15) is 13.2 Å². The van der Waals surface area contributed by atoms with Crippen molar-refractivity contribution in [2.45, 2.75) is 18.2 Å². The Morgan fingerprint density at radius 1 is 1.40 bits per heavy atom. The summed E-state index contributed by atoms with van der Waals surface area (Å²) in [4.78, 5) is 11.0. The molecule has 0 spiro atoms. The van der Waals surface area contributed by atoms with Crippen LogP contribution in [0.25, 0.3) is 0 Å². The highest BCUT2D eigenvalue weighted by atomic mass is 32.2. The van der Waals surface area contributed by atoms with Crippen molar-refractivity contribution in [3.63, 3.8) is 0 Å². The van der Waals surface area contributed by atoms with Gasteiger partial charge in [-0.2, -0.15) is 4.31 Å². The Morgan fingerprint density at radius 2 is 2.05 bits per heavy atom. The second-order valence-corrected chi connectivity index (χ2v) is 6.31. The fraction of sp³-hybridized carbons (Fsp3) is 0.462. The van der Waals surface area contributed by atoms with Gasteiger partial charge >= 0.3 is 5.97 Å². The molecule has 112 valence electrons. The zero-order chi connectivity index (χ0) is 15.3. The number of sulfonamides is 1. The van der Waals surface area contributed by atoms with E-state index in [2.05, 4.69) is 0 Å². The maximum atomic E-state index is 12.5. The Morgan fingerprint density at radius 3 is 2.55 bits per heavy atom. The first kappa shape index (κ1) is 16.6. The first-order valence-electron chi connectivity index (χ1n) is 6.16. The van der Waals surface area contributed by atoms with Gasteiger partial charge in [-0.25, -0.2) is 13.2 Å². The molecule has 0 heterocycles. The number of hydrogen-bond acceptors (Lipinski definition) is 4. The number of likely N-dealkylation sites (N-methyl/N-ethyl adjacent to an activating group) is 1. The van der Waals surface area contributed by atoms with E-state index in [1.807, 2.05) is 6.92 Å². The molecule has 0 saturated carbocycles. The average molecular weight is 301 g/mol. The van der Waals surface area contributed by atoms with E-state index in [-0.39, 0.29) is 23.6 Å². The summed E-state index contributed by atoms with van der Waals surface area (Å²) in [6.07, 6.45) is 0.507. The van der Waals surface area contributed by atoms with E-state index < -0.39 is 16.0 Å². The standard InChI is InChI=1S/C13H19NO5S/c1-4-10-5-6-11(13(15)16)9-12(10)20(17,18)14(2)7-8-19-3/h5-6,9H,4,7-8H2,1-3H3,(H,15,16). The van der Waals surface area contributed by atoms with Crippen LogP contribution in [0.3, 0.4) is 0 Å². The maximum Gasteiger partial charge on any atom is 0.335 e. The molecule has 1 rings (SSSR count). The van der Waals surface area contributed by atoms with Crippen LogP contribution in [0.1, 0.15) is 22.8 Å². The lowest BCUT2D eigenvalue weighted by atomic mass is 10.1. The second kappa shape index (κ2) is 6.83. The first-order chi connectivity index (χ1) is 9.34. The molecule has 1 N–H and O–H groups in total. The Hall–Kier alpha value is -1.44. The van der Waals surface area contributed by atoms with Crippen molar-refractivity contribution in [2.24, 2.45) is 0 Å². The lowest BCUT2D eigenvalue weighted by molar-refractivity contribution is 0.0696. The van der Waals surface area contributed by atoms with E-state index in [0.29, 0.717) is 12.0 Å². The third-order valence-electron chi connectivity index (χ3n) is 2.99. The van der Waals surface area contributed by atoms with Gasteiger partial charge < -0.3 is 9.84 Å². The molecule has 0 atom stereocenters. The molecule has 1 aromatic carbocycles. The third kappa shape index (κ3) is 3.56. The number of aryl methyl sites for hydroxylation is 1. The minimum atomic E-state index is -3.72. The second-order valence-electron chi connectivity index (χ2n) is 4.30. The number of ether oxygens (including phenoxy) is 1. The van der Waals surface area contributed by atoms with Crippen LogP contribution in [-0.2, 0) is 21.2 Å². The molecule has 1 aromatic rings. The lowest BCUT2D eigenvalue weighted by Gasteiger charge is -2.19. The smallest absolute Gasteiger partial charge is 0.335 e. The number of carboxylic acids is 1. The van der Waals surface area contributed by atoms with Crippen molar-refractivity contribution >= 4 is 16.0 Å². The van der Waals surface area contributed by atoms with Gasteiger partial charge in [-0.05, 0) is 24.1 Å². The number of hydrogen-bond donors (Lipinski definition) is 1. The Kier molecular flexibility index (Phi) is 5.67. The van der Waals surface area contributed by atoms with Gasteiger partial charge in [0, 0.05) is 20.7 Å². The summed E-state index contributed by atoms with van der Waals surface area (Å²) < 4.78 is 31.0. The molecule has 0 radical (unpaired) electrons. The van der Waals surface area contributed by atoms with Gasteiger partial charge in [-0.3, -0.25) is 0 Å². The number of nitrogens with zero attached hydrogens (tertiary/aromatic N) is 1. The highest BCUT2D eigenvalue weighted by molar-refractivity contribution is 7.89. The molecule has 0 aliphatic heterocycles. The summed E-state index contributed by atoms with van der Waals surface area (Å²) in [6, 6.07) is 4.16. The quantitative estimate of drug-likeness (QED) is 0.818. The van der Waals surface area contributed by atoms with Crippen molar-refractivity contribution in [1.82, 2.24) is 4.31 Å². The Labute approximate surface area is 119 Å². The van der Waals surface area contributed by atoms with Gasteiger partial charge in [0.25, 0.3) is 0 Å². The van der Waals surface area contributed by atoms with E-state index in [1.54, 1.807) is 6.07 Å². The zero-order valence-corrected chi connectivity index (χ0v) is 12.6. The summed E-state index contributed by atoms with van der Waals surface area (Å²) in [5, 5.41) is 8.99. The highest BCUT2D eigenvalue weighted by Crippen LogP contribution is 2.21. The highest BCUT2D eigenvalue weighted by Gasteiger charge is 2.24. The predicted octanol–water partition coefficient (Wildman–Crippen LogP) is 1.21. The number of aromatic carboxylic acids is 1. The van der Waals surface area contributed by atoms with Gasteiger partial charge in [-0.15, -0.1) is 0 Å². The van der Waals surface area contributed by atoms with Gasteiger partial charge in [-0.1, -0.05) is 13.0 Å². The average Bonchev–Trinajstić information content (AvgIpc) is 2.43. The fourth-order valence-corrected chi connectivity index (χ4v) is 3.20. The van der Waals surface area contributed by atoms with Gasteiger partial charge in [0.1, 0.15) is 0 Å². The molecular weight excluding hydrogens is 282 g/mol. The summed E-state index contributed by atoms with van der Waals surface area (Å²) in [7, 11) is -0.785. The van der Waals surface area contributed by atoms with E-state index in [1.165, 1.54) is 26.3 Å². The van der Waals surface area contributed by atoms with Crippen molar-refractivity contribution in [2.75, 3.05) is 27.3 Å². The molecule has 0 fully saturated rings. The van der Waals surface area contributed by atoms with E-state index in [0.717, 1.165) is 4.31 Å². The number of benzene rings is 1. The van der Waals surface area contributed by atoms with Crippen LogP contribution in [0.5, 0.6) is 0 Å². The van der Waals surface area contributed by atoms with Crippen LogP contribution in [0.15, 0.2) is 23.1 Å². The number of carbonyl (C=O) groups is 1. The molecule has 7 heteroatoms. The minimum absolute atomic E-state index is 0.0403. The summed E-state index contributed by atoms with van der Waals surface area (Å²) in [5.74, 6) is -1.15.